The van der Waals surface area contributed by atoms with Crippen molar-refractivity contribution in [3.8, 4) is 0 Å². The average molecular weight is 398 g/mol. The zero-order chi connectivity index (χ0) is 20.2. The Labute approximate surface area is 170 Å². The molecule has 2 aliphatic heterocycles. The van der Waals surface area contributed by atoms with Crippen LogP contribution < -0.4 is 10.2 Å². The molecule has 7 heteroatoms. The van der Waals surface area contributed by atoms with E-state index in [1.165, 1.54) is 11.6 Å². The molecular weight excluding hydrogens is 371 g/mol. The molecule has 4 rings (SSSR count). The molecule has 1 atom stereocenters. The molecule has 0 aliphatic carbocycles. The highest BCUT2D eigenvalue weighted by Gasteiger charge is 2.29. The number of benzene rings is 1. The van der Waals surface area contributed by atoms with E-state index in [9.17, 15) is 9.18 Å². The number of aromatic nitrogens is 1. The second-order valence-electron chi connectivity index (χ2n) is 7.67. The minimum atomic E-state index is -0.364. The van der Waals surface area contributed by atoms with Crippen LogP contribution in [0, 0.1) is 12.7 Å². The van der Waals surface area contributed by atoms with Gasteiger partial charge in [-0.2, -0.15) is 0 Å². The molecule has 3 heterocycles. The van der Waals surface area contributed by atoms with E-state index >= 15 is 0 Å². The van der Waals surface area contributed by atoms with E-state index in [-0.39, 0.29) is 24.4 Å². The number of hydrogen-bond acceptors (Lipinski definition) is 4. The Morgan fingerprint density at radius 2 is 2.00 bits per heavy atom. The number of rotatable bonds is 4. The fourth-order valence-electron chi connectivity index (χ4n) is 4.00. The molecule has 2 amide bonds. The van der Waals surface area contributed by atoms with Crippen molar-refractivity contribution in [2.24, 2.45) is 0 Å². The van der Waals surface area contributed by atoms with Gasteiger partial charge in [0.15, 0.2) is 11.6 Å². The fraction of sp³-hybridized carbons (Fsp3) is 0.455. The maximum Gasteiger partial charge on any atom is 0.318 e. The lowest BCUT2D eigenvalue weighted by Gasteiger charge is -2.28. The standard InChI is InChI=1S/C22H27FN4O2/c1-16-4-6-18(7-5-16)20-3-2-8-27(20)22(28)25-15-17-13-19(23)21(24-14-17)26-9-11-29-12-10-26/h4-7,13-14,20H,2-3,8-12,15H2,1H3,(H,25,28). The molecule has 2 aliphatic rings. The zero-order valence-corrected chi connectivity index (χ0v) is 16.7. The molecule has 1 N–H and O–H groups in total. The van der Waals surface area contributed by atoms with Crippen LogP contribution in [0.3, 0.4) is 0 Å². The first-order valence-corrected chi connectivity index (χ1v) is 10.2. The van der Waals surface area contributed by atoms with Crippen LogP contribution in [0.1, 0.15) is 35.6 Å². The van der Waals surface area contributed by atoms with Gasteiger partial charge in [-0.25, -0.2) is 14.2 Å². The lowest BCUT2D eigenvalue weighted by atomic mass is 10.0. The minimum Gasteiger partial charge on any atom is -0.378 e. The first-order valence-electron chi connectivity index (χ1n) is 10.2. The third kappa shape index (κ3) is 4.50. The third-order valence-corrected chi connectivity index (χ3v) is 5.61. The van der Waals surface area contributed by atoms with Crippen LogP contribution >= 0.6 is 0 Å². The fourth-order valence-corrected chi connectivity index (χ4v) is 4.00. The van der Waals surface area contributed by atoms with Gasteiger partial charge in [0, 0.05) is 32.4 Å². The summed E-state index contributed by atoms with van der Waals surface area (Å²) >= 11 is 0. The molecule has 2 fully saturated rings. The van der Waals surface area contributed by atoms with Crippen LogP contribution in [0.2, 0.25) is 0 Å². The summed E-state index contributed by atoms with van der Waals surface area (Å²) in [5.41, 5.74) is 3.02. The Morgan fingerprint density at radius 1 is 1.24 bits per heavy atom. The lowest BCUT2D eigenvalue weighted by Crippen LogP contribution is -2.39. The van der Waals surface area contributed by atoms with Crippen molar-refractivity contribution in [3.05, 3.63) is 59.0 Å². The molecule has 1 aromatic carbocycles. The van der Waals surface area contributed by atoms with E-state index in [0.717, 1.165) is 24.9 Å². The highest BCUT2D eigenvalue weighted by Crippen LogP contribution is 2.32. The van der Waals surface area contributed by atoms with Crippen LogP contribution in [-0.4, -0.2) is 48.8 Å². The Balaban J connectivity index is 1.37. The first kappa shape index (κ1) is 19.6. The zero-order valence-electron chi connectivity index (χ0n) is 16.7. The van der Waals surface area contributed by atoms with Crippen molar-refractivity contribution in [2.45, 2.75) is 32.4 Å². The number of pyridine rings is 1. The predicted molar refractivity (Wildman–Crippen MR) is 109 cm³/mol. The molecule has 0 radical (unpaired) electrons. The number of anilines is 1. The number of halogens is 1. The number of nitrogens with zero attached hydrogens (tertiary/aromatic N) is 3. The van der Waals surface area contributed by atoms with Gasteiger partial charge in [-0.1, -0.05) is 29.8 Å². The molecule has 0 spiro atoms. The highest BCUT2D eigenvalue weighted by molar-refractivity contribution is 5.75. The number of likely N-dealkylation sites (tertiary alicyclic amines) is 1. The first-order chi connectivity index (χ1) is 14.1. The molecule has 154 valence electrons. The third-order valence-electron chi connectivity index (χ3n) is 5.61. The molecule has 29 heavy (non-hydrogen) atoms. The van der Waals surface area contributed by atoms with Gasteiger partial charge in [-0.3, -0.25) is 0 Å². The van der Waals surface area contributed by atoms with E-state index < -0.39 is 0 Å². The molecule has 1 unspecified atom stereocenters. The number of ether oxygens (including phenoxy) is 1. The Bertz CT molecular complexity index is 852. The van der Waals surface area contributed by atoms with E-state index in [1.807, 2.05) is 9.80 Å². The minimum absolute atomic E-state index is 0.0918. The van der Waals surface area contributed by atoms with Crippen molar-refractivity contribution in [1.29, 1.82) is 0 Å². The summed E-state index contributed by atoms with van der Waals surface area (Å²) in [7, 11) is 0. The SMILES string of the molecule is Cc1ccc(C2CCCN2C(=O)NCc2cnc(N3CCOCC3)c(F)c2)cc1. The number of nitrogens with one attached hydrogen (secondary N) is 1. The largest absolute Gasteiger partial charge is 0.378 e. The van der Waals surface area contributed by atoms with E-state index in [4.69, 9.17) is 4.74 Å². The quantitative estimate of drug-likeness (QED) is 0.858. The van der Waals surface area contributed by atoms with Crippen molar-refractivity contribution in [2.75, 3.05) is 37.7 Å². The van der Waals surface area contributed by atoms with Crippen LogP contribution in [0.25, 0.3) is 0 Å². The van der Waals surface area contributed by atoms with Crippen LogP contribution in [0.4, 0.5) is 15.0 Å². The van der Waals surface area contributed by atoms with Crippen molar-refractivity contribution in [1.82, 2.24) is 15.2 Å². The highest BCUT2D eigenvalue weighted by atomic mass is 19.1. The lowest BCUT2D eigenvalue weighted by molar-refractivity contribution is 0.122. The normalized spacial score (nSPS) is 19.4. The van der Waals surface area contributed by atoms with Crippen molar-refractivity contribution in [3.63, 3.8) is 0 Å². The van der Waals surface area contributed by atoms with Crippen molar-refractivity contribution < 1.29 is 13.9 Å². The van der Waals surface area contributed by atoms with Gasteiger partial charge < -0.3 is 19.9 Å². The second-order valence-corrected chi connectivity index (χ2v) is 7.67. The Hall–Kier alpha value is -2.67. The van der Waals surface area contributed by atoms with Gasteiger partial charge in [0.25, 0.3) is 0 Å². The number of carbonyl (C=O) groups is 1. The van der Waals surface area contributed by atoms with Gasteiger partial charge in [0.2, 0.25) is 0 Å². The smallest absolute Gasteiger partial charge is 0.318 e. The molecule has 0 bridgehead atoms. The summed E-state index contributed by atoms with van der Waals surface area (Å²) in [6.45, 7) is 5.47. The summed E-state index contributed by atoms with van der Waals surface area (Å²) in [5, 5.41) is 2.92. The monoisotopic (exact) mass is 398 g/mol. The van der Waals surface area contributed by atoms with Gasteiger partial charge in [-0.05, 0) is 37.0 Å². The maximum atomic E-state index is 14.5. The summed E-state index contributed by atoms with van der Waals surface area (Å²) < 4.78 is 19.8. The summed E-state index contributed by atoms with van der Waals surface area (Å²) in [4.78, 5) is 20.8. The predicted octanol–water partition coefficient (Wildman–Crippen LogP) is 3.41. The Kier molecular flexibility index (Phi) is 5.94. The second kappa shape index (κ2) is 8.78. The molecule has 2 saturated heterocycles. The average Bonchev–Trinajstić information content (AvgIpc) is 3.23. The number of aryl methyl sites for hydroxylation is 1. The van der Waals surface area contributed by atoms with E-state index in [2.05, 4.69) is 41.5 Å². The van der Waals surface area contributed by atoms with Gasteiger partial charge >= 0.3 is 6.03 Å². The molecular formula is C22H27FN4O2. The summed E-state index contributed by atoms with van der Waals surface area (Å²) in [5.74, 6) is -0.0142. The number of amides is 2. The van der Waals surface area contributed by atoms with E-state index in [1.54, 1.807) is 6.20 Å². The maximum absolute atomic E-state index is 14.5. The number of urea groups is 1. The van der Waals surface area contributed by atoms with Crippen LogP contribution in [0.15, 0.2) is 36.5 Å². The van der Waals surface area contributed by atoms with Gasteiger partial charge in [0.1, 0.15) is 0 Å². The topological polar surface area (TPSA) is 57.7 Å². The summed E-state index contributed by atoms with van der Waals surface area (Å²) in [6.07, 6.45) is 3.58. The van der Waals surface area contributed by atoms with Crippen molar-refractivity contribution >= 4 is 11.8 Å². The van der Waals surface area contributed by atoms with Crippen LogP contribution in [0.5, 0.6) is 0 Å². The molecule has 6 nitrogen and oxygen atoms in total. The Morgan fingerprint density at radius 3 is 2.72 bits per heavy atom. The molecule has 1 aromatic heterocycles. The van der Waals surface area contributed by atoms with Gasteiger partial charge in [0.05, 0.1) is 19.3 Å². The number of carbonyl (C=O) groups excluding carboxylic acids is 1. The number of morpholine rings is 1. The van der Waals surface area contributed by atoms with Crippen LogP contribution in [-0.2, 0) is 11.3 Å². The van der Waals surface area contributed by atoms with Gasteiger partial charge in [-0.15, -0.1) is 0 Å². The molecule has 0 saturated carbocycles. The molecule has 2 aromatic rings. The number of hydrogen-bond donors (Lipinski definition) is 1. The summed E-state index contributed by atoms with van der Waals surface area (Å²) in [6, 6.07) is 9.77. The van der Waals surface area contributed by atoms with E-state index in [0.29, 0.717) is 37.7 Å².